The first-order valence-electron chi connectivity index (χ1n) is 7.45. The molecule has 122 valence electrons. The van der Waals surface area contributed by atoms with E-state index in [1.807, 2.05) is 36.4 Å². The maximum atomic E-state index is 12.1. The van der Waals surface area contributed by atoms with Gasteiger partial charge in [-0.15, -0.1) is 5.10 Å². The summed E-state index contributed by atoms with van der Waals surface area (Å²) in [5.41, 5.74) is 2.26. The molecule has 0 aliphatic rings. The number of benzene rings is 1. The predicted octanol–water partition coefficient (Wildman–Crippen LogP) is 1.66. The number of pyridine rings is 1. The lowest BCUT2D eigenvalue weighted by molar-refractivity contribution is 0.0946. The highest BCUT2D eigenvalue weighted by atomic mass is 16.5. The van der Waals surface area contributed by atoms with Gasteiger partial charge in [0, 0.05) is 18.9 Å². The molecule has 3 aromatic rings. The number of amides is 1. The smallest absolute Gasteiger partial charge is 0.273 e. The van der Waals surface area contributed by atoms with Crippen LogP contribution in [0.1, 0.15) is 21.6 Å². The van der Waals surface area contributed by atoms with Crippen LogP contribution in [0.3, 0.4) is 0 Å². The summed E-state index contributed by atoms with van der Waals surface area (Å²) in [6.07, 6.45) is 5.03. The Kier molecular flexibility index (Phi) is 4.81. The monoisotopic (exact) mass is 323 g/mol. The number of hydrogen-bond donors (Lipinski definition) is 1. The van der Waals surface area contributed by atoms with Gasteiger partial charge in [-0.3, -0.25) is 9.78 Å². The van der Waals surface area contributed by atoms with Gasteiger partial charge >= 0.3 is 0 Å². The Bertz CT molecular complexity index is 799. The molecular formula is C17H17N5O2. The molecule has 7 nitrogen and oxygen atoms in total. The lowest BCUT2D eigenvalue weighted by Gasteiger charge is -2.03. The van der Waals surface area contributed by atoms with Crippen LogP contribution in [0, 0.1) is 0 Å². The molecule has 0 saturated heterocycles. The maximum absolute atomic E-state index is 12.1. The highest BCUT2D eigenvalue weighted by Crippen LogP contribution is 2.12. The minimum absolute atomic E-state index is 0.264. The van der Waals surface area contributed by atoms with E-state index in [9.17, 15) is 4.79 Å². The molecule has 2 aromatic heterocycles. The van der Waals surface area contributed by atoms with Crippen molar-refractivity contribution < 1.29 is 9.53 Å². The molecule has 0 saturated carbocycles. The zero-order valence-electron chi connectivity index (χ0n) is 13.2. The quantitative estimate of drug-likeness (QED) is 0.746. The number of carbonyl (C=O) groups excluding carboxylic acids is 1. The van der Waals surface area contributed by atoms with Crippen LogP contribution < -0.4 is 10.1 Å². The van der Waals surface area contributed by atoms with Gasteiger partial charge in [0.1, 0.15) is 5.75 Å². The second-order valence-corrected chi connectivity index (χ2v) is 5.19. The zero-order chi connectivity index (χ0) is 16.8. The summed E-state index contributed by atoms with van der Waals surface area (Å²) in [4.78, 5) is 16.1. The number of methoxy groups -OCH3 is 1. The number of hydrogen-bond acceptors (Lipinski definition) is 5. The molecule has 24 heavy (non-hydrogen) atoms. The molecule has 0 fully saturated rings. The van der Waals surface area contributed by atoms with Crippen LogP contribution in [0.2, 0.25) is 0 Å². The van der Waals surface area contributed by atoms with E-state index in [1.54, 1.807) is 30.4 Å². The van der Waals surface area contributed by atoms with Gasteiger partial charge in [-0.2, -0.15) is 0 Å². The Morgan fingerprint density at radius 3 is 2.75 bits per heavy atom. The van der Waals surface area contributed by atoms with Crippen molar-refractivity contribution in [3.05, 3.63) is 71.8 Å². The number of nitrogens with one attached hydrogen (secondary N) is 1. The third-order valence-electron chi connectivity index (χ3n) is 3.45. The van der Waals surface area contributed by atoms with E-state index in [-0.39, 0.29) is 11.6 Å². The van der Waals surface area contributed by atoms with Crippen LogP contribution in [0.15, 0.2) is 55.0 Å². The number of rotatable bonds is 6. The predicted molar refractivity (Wildman–Crippen MR) is 87.5 cm³/mol. The molecule has 0 aliphatic carbocycles. The molecule has 0 atom stereocenters. The summed E-state index contributed by atoms with van der Waals surface area (Å²) in [5.74, 6) is 0.535. The van der Waals surface area contributed by atoms with Crippen LogP contribution in [-0.2, 0) is 13.1 Å². The highest BCUT2D eigenvalue weighted by Gasteiger charge is 2.10. The van der Waals surface area contributed by atoms with Crippen molar-refractivity contribution in [1.82, 2.24) is 25.3 Å². The number of ether oxygens (including phenoxy) is 1. The molecule has 0 aliphatic heterocycles. The third kappa shape index (κ3) is 3.95. The largest absolute Gasteiger partial charge is 0.497 e. The molecule has 3 rings (SSSR count). The third-order valence-corrected chi connectivity index (χ3v) is 3.45. The molecule has 0 unspecified atom stereocenters. The van der Waals surface area contributed by atoms with Crippen molar-refractivity contribution in [2.24, 2.45) is 0 Å². The molecule has 1 amide bonds. The molecule has 2 heterocycles. The van der Waals surface area contributed by atoms with Gasteiger partial charge in [0.15, 0.2) is 5.69 Å². The minimum atomic E-state index is -0.264. The van der Waals surface area contributed by atoms with E-state index in [4.69, 9.17) is 4.74 Å². The Balaban J connectivity index is 1.58. The zero-order valence-corrected chi connectivity index (χ0v) is 13.2. The first-order valence-corrected chi connectivity index (χ1v) is 7.45. The van der Waals surface area contributed by atoms with Gasteiger partial charge in [-0.25, -0.2) is 4.68 Å². The van der Waals surface area contributed by atoms with Gasteiger partial charge in [0.2, 0.25) is 0 Å². The second kappa shape index (κ2) is 7.36. The van der Waals surface area contributed by atoms with Crippen molar-refractivity contribution in [2.45, 2.75) is 13.1 Å². The molecule has 1 aromatic carbocycles. The first kappa shape index (κ1) is 15.7. The first-order chi connectivity index (χ1) is 11.7. The number of nitrogens with zero attached hydrogens (tertiary/aromatic N) is 4. The van der Waals surface area contributed by atoms with Crippen molar-refractivity contribution in [1.29, 1.82) is 0 Å². The average molecular weight is 323 g/mol. The Morgan fingerprint density at radius 2 is 2.04 bits per heavy atom. The lowest BCUT2D eigenvalue weighted by Crippen LogP contribution is -2.23. The van der Waals surface area contributed by atoms with Gasteiger partial charge in [0.25, 0.3) is 5.91 Å². The van der Waals surface area contributed by atoms with Crippen LogP contribution in [0.5, 0.6) is 5.75 Å². The molecule has 1 N–H and O–H groups in total. The SMILES string of the molecule is COc1ccc(Cn2cc(C(=O)NCc3cccnc3)nn2)cc1. The van der Waals surface area contributed by atoms with E-state index in [0.29, 0.717) is 13.1 Å². The van der Waals surface area contributed by atoms with Crippen molar-refractivity contribution in [3.63, 3.8) is 0 Å². The Labute approximate surface area is 139 Å². The van der Waals surface area contributed by atoms with Gasteiger partial charge in [-0.1, -0.05) is 23.4 Å². The number of carbonyl (C=O) groups is 1. The van der Waals surface area contributed by atoms with Crippen LogP contribution in [0.4, 0.5) is 0 Å². The molecule has 0 radical (unpaired) electrons. The summed E-state index contributed by atoms with van der Waals surface area (Å²) < 4.78 is 6.75. The van der Waals surface area contributed by atoms with E-state index < -0.39 is 0 Å². The summed E-state index contributed by atoms with van der Waals surface area (Å²) >= 11 is 0. The second-order valence-electron chi connectivity index (χ2n) is 5.19. The lowest BCUT2D eigenvalue weighted by atomic mass is 10.2. The van der Waals surface area contributed by atoms with Crippen LogP contribution in [0.25, 0.3) is 0 Å². The van der Waals surface area contributed by atoms with E-state index >= 15 is 0 Å². The fraction of sp³-hybridized carbons (Fsp3) is 0.176. The summed E-state index contributed by atoms with van der Waals surface area (Å²) in [5, 5.41) is 10.7. The molecular weight excluding hydrogens is 306 g/mol. The fourth-order valence-electron chi connectivity index (χ4n) is 2.17. The number of aromatic nitrogens is 4. The molecule has 0 bridgehead atoms. The van der Waals surface area contributed by atoms with Crippen LogP contribution >= 0.6 is 0 Å². The normalized spacial score (nSPS) is 10.4. The maximum Gasteiger partial charge on any atom is 0.273 e. The topological polar surface area (TPSA) is 81.9 Å². The summed E-state index contributed by atoms with van der Waals surface area (Å²) in [6.45, 7) is 0.935. The minimum Gasteiger partial charge on any atom is -0.497 e. The molecule has 0 spiro atoms. The summed E-state index contributed by atoms with van der Waals surface area (Å²) in [7, 11) is 1.63. The Hall–Kier alpha value is -3.22. The van der Waals surface area contributed by atoms with Gasteiger partial charge < -0.3 is 10.1 Å². The Morgan fingerprint density at radius 1 is 1.21 bits per heavy atom. The summed E-state index contributed by atoms with van der Waals surface area (Å²) in [6, 6.07) is 11.4. The molecule has 7 heteroatoms. The van der Waals surface area contributed by atoms with Crippen molar-refractivity contribution >= 4 is 5.91 Å². The standard InChI is InChI=1S/C17H17N5O2/c1-24-15-6-4-13(5-7-15)11-22-12-16(20-21-22)17(23)19-10-14-3-2-8-18-9-14/h2-9,12H,10-11H2,1H3,(H,19,23). The van der Waals surface area contributed by atoms with E-state index in [2.05, 4.69) is 20.6 Å². The van der Waals surface area contributed by atoms with Crippen molar-refractivity contribution in [3.8, 4) is 5.75 Å². The van der Waals surface area contributed by atoms with E-state index in [1.165, 1.54) is 0 Å². The average Bonchev–Trinajstić information content (AvgIpc) is 3.10. The fourth-order valence-corrected chi connectivity index (χ4v) is 2.17. The van der Waals surface area contributed by atoms with Gasteiger partial charge in [0.05, 0.1) is 19.9 Å². The van der Waals surface area contributed by atoms with E-state index in [0.717, 1.165) is 16.9 Å². The van der Waals surface area contributed by atoms with Gasteiger partial charge in [-0.05, 0) is 29.3 Å². The highest BCUT2D eigenvalue weighted by molar-refractivity contribution is 5.91. The van der Waals surface area contributed by atoms with Crippen molar-refractivity contribution in [2.75, 3.05) is 7.11 Å². The van der Waals surface area contributed by atoms with Crippen LogP contribution in [-0.4, -0.2) is 33.0 Å².